The number of hydrogen-bond acceptors (Lipinski definition) is 1. The van der Waals surface area contributed by atoms with Crippen LogP contribution < -0.4 is 24.8 Å². The molecule has 0 radical (unpaired) electrons. The van der Waals surface area contributed by atoms with Gasteiger partial charge in [0.1, 0.15) is 0 Å². The summed E-state index contributed by atoms with van der Waals surface area (Å²) >= 11 is -1.76. The van der Waals surface area contributed by atoms with Gasteiger partial charge < -0.3 is 24.8 Å². The molecule has 3 aliphatic carbocycles. The fourth-order valence-corrected chi connectivity index (χ4v) is 16.6. The first-order valence-corrected chi connectivity index (χ1v) is 14.1. The zero-order chi connectivity index (χ0) is 15.0. The zero-order valence-corrected chi connectivity index (χ0v) is 17.8. The third kappa shape index (κ3) is 3.77. The molecule has 5 rings (SSSR count). The van der Waals surface area contributed by atoms with E-state index in [9.17, 15) is 0 Å². The molecule has 5 aliphatic rings. The second-order valence-electron chi connectivity index (χ2n) is 6.49. The molecule has 0 atom stereocenters. The van der Waals surface area contributed by atoms with Crippen LogP contribution in [0.1, 0.15) is 19.8 Å². The van der Waals surface area contributed by atoms with Gasteiger partial charge in [-0.2, -0.15) is 0 Å². The van der Waals surface area contributed by atoms with Gasteiger partial charge in [0.05, 0.1) is 5.70 Å². The molecule has 124 valence electrons. The zero-order valence-electron chi connectivity index (χ0n) is 13.8. The van der Waals surface area contributed by atoms with Crippen molar-refractivity contribution in [1.29, 1.82) is 0 Å². The Hall–Kier alpha value is -0.687. The molecule has 0 unspecified atom stereocenters. The number of aliphatic imine (C=N–C) groups is 1. The van der Waals surface area contributed by atoms with Crippen molar-refractivity contribution in [2.24, 2.45) is 4.99 Å². The van der Waals surface area contributed by atoms with Crippen molar-refractivity contribution >= 4 is 5.71 Å². The smallest absolute Gasteiger partial charge is 0.0705 e. The Kier molecular flexibility index (Phi) is 6.65. The maximum absolute atomic E-state index is 4.27. The second kappa shape index (κ2) is 8.13. The van der Waals surface area contributed by atoms with Crippen molar-refractivity contribution in [3.05, 3.63) is 78.6 Å². The quantitative estimate of drug-likeness (QED) is 0.554. The van der Waals surface area contributed by atoms with Gasteiger partial charge in [0, 0.05) is 11.3 Å². The first-order chi connectivity index (χ1) is 10.8. The minimum atomic E-state index is -1.76. The van der Waals surface area contributed by atoms with E-state index in [2.05, 4.69) is 53.6 Å². The van der Waals surface area contributed by atoms with E-state index in [4.69, 9.17) is 0 Å². The van der Waals surface area contributed by atoms with E-state index in [1.165, 1.54) is 18.4 Å². The Balaban J connectivity index is 0.000000169. The van der Waals surface area contributed by atoms with Crippen molar-refractivity contribution in [3.63, 3.8) is 0 Å². The number of nitrogens with zero attached hydrogens (tertiary/aromatic N) is 1. The van der Waals surface area contributed by atoms with E-state index in [-0.39, 0.29) is 24.8 Å². The molecule has 0 amide bonds. The summed E-state index contributed by atoms with van der Waals surface area (Å²) in [5.74, 6) is 0. The monoisotopic (exact) mass is 435 g/mol. The first kappa shape index (κ1) is 19.6. The second-order valence-corrected chi connectivity index (χ2v) is 17.4. The van der Waals surface area contributed by atoms with Crippen LogP contribution >= 0.6 is 0 Å². The largest absolute Gasteiger partial charge is 1.00 e. The van der Waals surface area contributed by atoms with E-state index in [1.807, 2.05) is 25.6 Å². The average Bonchev–Trinajstić information content (AvgIpc) is 3.05. The summed E-state index contributed by atoms with van der Waals surface area (Å²) in [4.78, 5) is 4.27. The van der Waals surface area contributed by atoms with Crippen LogP contribution in [0.3, 0.4) is 0 Å². The topological polar surface area (TPSA) is 12.4 Å². The van der Waals surface area contributed by atoms with Crippen LogP contribution in [0, 0.1) is 0 Å². The molecule has 2 aliphatic heterocycles. The Labute approximate surface area is 161 Å². The first-order valence-electron chi connectivity index (χ1n) is 8.16. The van der Waals surface area contributed by atoms with Crippen molar-refractivity contribution in [2.45, 2.75) is 28.0 Å². The summed E-state index contributed by atoms with van der Waals surface area (Å²) in [6.45, 7) is 2.01. The van der Waals surface area contributed by atoms with Gasteiger partial charge in [-0.05, 0) is 19.1 Å². The van der Waals surface area contributed by atoms with Crippen LogP contribution in [0.4, 0.5) is 0 Å². The normalized spacial score (nSPS) is 21.6. The maximum Gasteiger partial charge on any atom is 0.0705 e. The van der Waals surface area contributed by atoms with Crippen molar-refractivity contribution in [2.75, 3.05) is 0 Å². The number of allylic oxidation sites excluding steroid dienone is 12. The summed E-state index contributed by atoms with van der Waals surface area (Å²) in [5, 5.41) is 0. The summed E-state index contributed by atoms with van der Waals surface area (Å²) in [6, 6.07) is 0. The standard InChI is InChI=1S/C8H7N.2C5H5.C2H4.2ClH.Zr/c1-6-5-7-3-2-4-8(7)9-6;2*1-2-4-5-3-1;1-2;;;/h2-5H,1H3;2*1-3H,4H2;1-2H2;2*1H;/q;;;;;;+2/p-2. The molecule has 0 saturated carbocycles. The van der Waals surface area contributed by atoms with Gasteiger partial charge in [-0.3, -0.25) is 4.99 Å². The molecule has 1 nitrogen and oxygen atoms in total. The molecule has 0 aromatic carbocycles. The fraction of sp³-hybridized carbons (Fsp3) is 0.250. The molecular formula is C20H21Cl2NZr. The molecule has 0 aromatic rings. The van der Waals surface area contributed by atoms with Gasteiger partial charge in [-0.15, -0.1) is 0 Å². The summed E-state index contributed by atoms with van der Waals surface area (Å²) < 4.78 is 6.92. The van der Waals surface area contributed by atoms with Crippen LogP contribution in [-0.4, -0.2) is 5.71 Å². The molecule has 4 heteroatoms. The van der Waals surface area contributed by atoms with Crippen molar-refractivity contribution in [3.8, 4) is 0 Å². The number of fused-ring (bicyclic) bond motifs is 1. The van der Waals surface area contributed by atoms with E-state index in [0.717, 1.165) is 11.4 Å². The predicted molar refractivity (Wildman–Crippen MR) is 91.7 cm³/mol. The summed E-state index contributed by atoms with van der Waals surface area (Å²) in [6.07, 6.45) is 24.8. The molecule has 2 heterocycles. The van der Waals surface area contributed by atoms with Gasteiger partial charge in [0.15, 0.2) is 0 Å². The average molecular weight is 438 g/mol. The Morgan fingerprint density at radius 2 is 1.50 bits per heavy atom. The van der Waals surface area contributed by atoms with E-state index < -0.39 is 20.3 Å². The molecule has 24 heavy (non-hydrogen) atoms. The van der Waals surface area contributed by atoms with Gasteiger partial charge in [-0.1, -0.05) is 12.2 Å². The summed E-state index contributed by atoms with van der Waals surface area (Å²) in [7, 11) is 0. The number of rotatable bonds is 2. The van der Waals surface area contributed by atoms with Gasteiger partial charge in [0.2, 0.25) is 0 Å². The number of hydrogen-bond donors (Lipinski definition) is 0. The molecule has 1 fully saturated rings. The Morgan fingerprint density at radius 3 is 1.96 bits per heavy atom. The third-order valence-corrected chi connectivity index (χ3v) is 16.6. The van der Waals surface area contributed by atoms with E-state index in [0.29, 0.717) is 0 Å². The van der Waals surface area contributed by atoms with Crippen LogP contribution in [0.15, 0.2) is 83.6 Å². The molecule has 0 bridgehead atoms. The van der Waals surface area contributed by atoms with E-state index in [1.54, 1.807) is 8.26 Å². The van der Waals surface area contributed by atoms with Gasteiger partial charge in [0.25, 0.3) is 0 Å². The fourth-order valence-electron chi connectivity index (χ4n) is 3.67. The Morgan fingerprint density at radius 1 is 0.875 bits per heavy atom. The minimum absolute atomic E-state index is 0. The molecule has 1 saturated heterocycles. The van der Waals surface area contributed by atoms with Gasteiger partial charge in [-0.25, -0.2) is 0 Å². The summed E-state index contributed by atoms with van der Waals surface area (Å²) in [5.41, 5.74) is 3.49. The van der Waals surface area contributed by atoms with Crippen LogP contribution in [-0.2, 0) is 20.3 Å². The third-order valence-electron chi connectivity index (χ3n) is 5.01. The van der Waals surface area contributed by atoms with E-state index >= 15 is 0 Å². The predicted octanol–water partition coefficient (Wildman–Crippen LogP) is -0.473. The maximum atomic E-state index is 4.27. The van der Waals surface area contributed by atoms with Crippen LogP contribution in [0.2, 0.25) is 8.26 Å². The van der Waals surface area contributed by atoms with Gasteiger partial charge >= 0.3 is 84.4 Å². The van der Waals surface area contributed by atoms with Crippen molar-refractivity contribution in [1.82, 2.24) is 0 Å². The van der Waals surface area contributed by atoms with Crippen LogP contribution in [0.25, 0.3) is 0 Å². The Bertz CT molecular complexity index is 725. The number of halogens is 2. The van der Waals surface area contributed by atoms with Crippen molar-refractivity contribution < 1.29 is 45.1 Å². The SMILES string of the molecule is C1=CC[C]([Zr+2]2([C]3=CC=CC3)[CH2][CH2]2)=C1.CC1=NC2=CC=CC2=C1.[Cl-].[Cl-]. The molecule has 0 N–H and O–H groups in total. The minimum Gasteiger partial charge on any atom is -1.00 e. The van der Waals surface area contributed by atoms with Crippen LogP contribution in [0.5, 0.6) is 0 Å². The molecular weight excluding hydrogens is 416 g/mol. The molecule has 0 aromatic heterocycles. The molecule has 0 spiro atoms.